The Morgan fingerprint density at radius 2 is 2.13 bits per heavy atom. The molecule has 1 amide bonds. The van der Waals surface area contributed by atoms with Crippen molar-refractivity contribution in [2.24, 2.45) is 0 Å². The van der Waals surface area contributed by atoms with Gasteiger partial charge in [0.25, 0.3) is 0 Å². The second-order valence-corrected chi connectivity index (χ2v) is 4.53. The van der Waals surface area contributed by atoms with E-state index in [1.807, 2.05) is 23.1 Å². The highest BCUT2D eigenvalue weighted by Crippen LogP contribution is 2.11. The third-order valence-electron chi connectivity index (χ3n) is 2.56. The molecule has 0 saturated carbocycles. The summed E-state index contributed by atoms with van der Waals surface area (Å²) in [6.45, 7) is 1.82. The molecule has 0 unspecified atom stereocenters. The normalized spacial score (nSPS) is 15.7. The van der Waals surface area contributed by atoms with Crippen LogP contribution >= 0.6 is 15.9 Å². The molecule has 0 bridgehead atoms. The van der Waals surface area contributed by atoms with Gasteiger partial charge in [0.05, 0.1) is 12.1 Å². The first-order valence-corrected chi connectivity index (χ1v) is 5.94. The van der Waals surface area contributed by atoms with Crippen molar-refractivity contribution in [3.63, 3.8) is 0 Å². The molecule has 3 nitrogen and oxygen atoms in total. The van der Waals surface area contributed by atoms with Crippen molar-refractivity contribution in [2.75, 3.05) is 13.1 Å². The van der Waals surface area contributed by atoms with Crippen LogP contribution in [0.1, 0.15) is 18.5 Å². The second-order valence-electron chi connectivity index (χ2n) is 3.72. The molecule has 0 spiro atoms. The Kier molecular flexibility index (Phi) is 3.36. The monoisotopic (exact) mass is 268 g/mol. The van der Waals surface area contributed by atoms with Gasteiger partial charge in [-0.15, -0.1) is 0 Å². The summed E-state index contributed by atoms with van der Waals surface area (Å²) in [7, 11) is 0. The Balaban J connectivity index is 1.99. The first-order valence-electron chi connectivity index (χ1n) is 5.15. The lowest BCUT2D eigenvalue weighted by Gasteiger charge is -2.14. The molecule has 1 aromatic heterocycles. The summed E-state index contributed by atoms with van der Waals surface area (Å²) in [4.78, 5) is 18.0. The molecular weight excluding hydrogens is 256 g/mol. The van der Waals surface area contributed by atoms with E-state index in [0.717, 1.165) is 36.2 Å². The fourth-order valence-corrected chi connectivity index (χ4v) is 2.16. The van der Waals surface area contributed by atoms with E-state index in [4.69, 9.17) is 0 Å². The van der Waals surface area contributed by atoms with E-state index < -0.39 is 0 Å². The first-order chi connectivity index (χ1) is 7.25. The maximum atomic E-state index is 11.8. The standard InChI is InChI=1S/C11H13BrN2O/c12-10-5-3-4-9(13-10)8-11(15)14-6-1-2-7-14/h3-5H,1-2,6-8H2. The van der Waals surface area contributed by atoms with Crippen molar-refractivity contribution in [3.05, 3.63) is 28.5 Å². The SMILES string of the molecule is O=C(Cc1cccc(Br)n1)N1CCCC1. The lowest BCUT2D eigenvalue weighted by molar-refractivity contribution is -0.129. The van der Waals surface area contributed by atoms with Crippen LogP contribution in [0, 0.1) is 0 Å². The van der Waals surface area contributed by atoms with Crippen molar-refractivity contribution < 1.29 is 4.79 Å². The van der Waals surface area contributed by atoms with Crippen LogP contribution in [0.4, 0.5) is 0 Å². The molecule has 0 N–H and O–H groups in total. The van der Waals surface area contributed by atoms with Gasteiger partial charge in [0.1, 0.15) is 4.60 Å². The number of aromatic nitrogens is 1. The molecule has 1 saturated heterocycles. The molecule has 0 aromatic carbocycles. The van der Waals surface area contributed by atoms with Gasteiger partial charge < -0.3 is 4.90 Å². The number of hydrogen-bond donors (Lipinski definition) is 0. The summed E-state index contributed by atoms with van der Waals surface area (Å²) in [5.41, 5.74) is 0.835. The summed E-state index contributed by atoms with van der Waals surface area (Å²) in [5.74, 6) is 0.193. The topological polar surface area (TPSA) is 33.2 Å². The third-order valence-corrected chi connectivity index (χ3v) is 3.01. The third kappa shape index (κ3) is 2.78. The number of halogens is 1. The zero-order valence-corrected chi connectivity index (χ0v) is 10.0. The maximum Gasteiger partial charge on any atom is 0.228 e. The van der Waals surface area contributed by atoms with Gasteiger partial charge in [0.2, 0.25) is 5.91 Å². The molecule has 15 heavy (non-hydrogen) atoms. The molecule has 1 aliphatic heterocycles. The number of pyridine rings is 1. The van der Waals surface area contributed by atoms with Crippen LogP contribution in [0.2, 0.25) is 0 Å². The van der Waals surface area contributed by atoms with E-state index in [9.17, 15) is 4.79 Å². The lowest BCUT2D eigenvalue weighted by Crippen LogP contribution is -2.29. The summed E-state index contributed by atoms with van der Waals surface area (Å²) in [6, 6.07) is 5.66. The van der Waals surface area contributed by atoms with Crippen molar-refractivity contribution in [1.29, 1.82) is 0 Å². The van der Waals surface area contributed by atoms with Crippen LogP contribution in [0.5, 0.6) is 0 Å². The maximum absolute atomic E-state index is 11.8. The van der Waals surface area contributed by atoms with Crippen molar-refractivity contribution in [1.82, 2.24) is 9.88 Å². The Bertz CT molecular complexity index is 361. The summed E-state index contributed by atoms with van der Waals surface area (Å²) in [6.07, 6.45) is 2.69. The van der Waals surface area contributed by atoms with Crippen molar-refractivity contribution >= 4 is 21.8 Å². The summed E-state index contributed by atoms with van der Waals surface area (Å²) >= 11 is 3.30. The highest BCUT2D eigenvalue weighted by atomic mass is 79.9. The number of likely N-dealkylation sites (tertiary alicyclic amines) is 1. The molecule has 2 rings (SSSR count). The molecule has 1 aliphatic rings. The van der Waals surface area contributed by atoms with E-state index >= 15 is 0 Å². The first kappa shape index (κ1) is 10.6. The van der Waals surface area contributed by atoms with Crippen LogP contribution in [0.25, 0.3) is 0 Å². The molecule has 1 fully saturated rings. The van der Waals surface area contributed by atoms with Crippen LogP contribution < -0.4 is 0 Å². The minimum absolute atomic E-state index is 0.193. The van der Waals surface area contributed by atoms with Gasteiger partial charge in [0, 0.05) is 13.1 Å². The number of nitrogens with zero attached hydrogens (tertiary/aromatic N) is 2. The molecule has 0 atom stereocenters. The Morgan fingerprint density at radius 1 is 1.40 bits per heavy atom. The Morgan fingerprint density at radius 3 is 2.80 bits per heavy atom. The number of carbonyl (C=O) groups is 1. The fraction of sp³-hybridized carbons (Fsp3) is 0.455. The Hall–Kier alpha value is -0.900. The van der Waals surface area contributed by atoms with E-state index in [1.165, 1.54) is 0 Å². The van der Waals surface area contributed by atoms with E-state index in [2.05, 4.69) is 20.9 Å². The van der Waals surface area contributed by atoms with Crippen molar-refractivity contribution in [3.8, 4) is 0 Å². The smallest absolute Gasteiger partial charge is 0.228 e. The lowest BCUT2D eigenvalue weighted by atomic mass is 10.2. The van der Waals surface area contributed by atoms with Gasteiger partial charge in [-0.3, -0.25) is 4.79 Å². The van der Waals surface area contributed by atoms with Gasteiger partial charge in [-0.05, 0) is 40.9 Å². The van der Waals surface area contributed by atoms with Crippen LogP contribution in [0.3, 0.4) is 0 Å². The molecule has 2 heterocycles. The van der Waals surface area contributed by atoms with E-state index in [0.29, 0.717) is 6.42 Å². The number of rotatable bonds is 2. The highest BCUT2D eigenvalue weighted by molar-refractivity contribution is 9.10. The second kappa shape index (κ2) is 4.75. The molecular formula is C11H13BrN2O. The fourth-order valence-electron chi connectivity index (χ4n) is 1.78. The minimum atomic E-state index is 0.193. The van der Waals surface area contributed by atoms with Gasteiger partial charge in [-0.25, -0.2) is 4.98 Å². The van der Waals surface area contributed by atoms with Gasteiger partial charge in [-0.2, -0.15) is 0 Å². The predicted octanol–water partition coefficient (Wildman–Crippen LogP) is 2.01. The zero-order valence-electron chi connectivity index (χ0n) is 8.45. The van der Waals surface area contributed by atoms with Crippen molar-refractivity contribution in [2.45, 2.75) is 19.3 Å². The van der Waals surface area contributed by atoms with E-state index in [-0.39, 0.29) is 5.91 Å². The molecule has 0 aliphatic carbocycles. The van der Waals surface area contributed by atoms with Gasteiger partial charge in [0.15, 0.2) is 0 Å². The molecule has 80 valence electrons. The average molecular weight is 269 g/mol. The predicted molar refractivity (Wildman–Crippen MR) is 61.5 cm³/mol. The summed E-state index contributed by atoms with van der Waals surface area (Å²) in [5, 5.41) is 0. The molecule has 4 heteroatoms. The quantitative estimate of drug-likeness (QED) is 0.769. The largest absolute Gasteiger partial charge is 0.342 e. The number of hydrogen-bond acceptors (Lipinski definition) is 2. The zero-order chi connectivity index (χ0) is 10.7. The number of amides is 1. The van der Waals surface area contributed by atoms with Crippen LogP contribution in [0.15, 0.2) is 22.8 Å². The molecule has 1 aromatic rings. The number of carbonyl (C=O) groups excluding carboxylic acids is 1. The Labute approximate surface area is 97.6 Å². The van der Waals surface area contributed by atoms with Crippen LogP contribution in [-0.2, 0) is 11.2 Å². The van der Waals surface area contributed by atoms with Gasteiger partial charge in [-0.1, -0.05) is 6.07 Å². The van der Waals surface area contributed by atoms with Crippen LogP contribution in [-0.4, -0.2) is 28.9 Å². The van der Waals surface area contributed by atoms with Gasteiger partial charge >= 0.3 is 0 Å². The summed E-state index contributed by atoms with van der Waals surface area (Å²) < 4.78 is 0.786. The van der Waals surface area contributed by atoms with E-state index in [1.54, 1.807) is 0 Å². The minimum Gasteiger partial charge on any atom is -0.342 e. The highest BCUT2D eigenvalue weighted by Gasteiger charge is 2.18. The molecule has 0 radical (unpaired) electrons. The average Bonchev–Trinajstić information content (AvgIpc) is 2.70.